The molecule has 1 amide bonds. The summed E-state index contributed by atoms with van der Waals surface area (Å²) in [5.41, 5.74) is 4.70. The largest absolute Gasteiger partial charge is 0.361 e. The molecule has 0 spiro atoms. The van der Waals surface area contributed by atoms with Gasteiger partial charge in [0, 0.05) is 71.6 Å². The van der Waals surface area contributed by atoms with Gasteiger partial charge in [0.1, 0.15) is 5.76 Å². The fourth-order valence-corrected chi connectivity index (χ4v) is 5.71. The minimum atomic E-state index is -0.186. The number of nitrogens with one attached hydrogen (secondary N) is 2. The van der Waals surface area contributed by atoms with Crippen LogP contribution in [0.3, 0.4) is 0 Å². The van der Waals surface area contributed by atoms with Crippen LogP contribution in [0.15, 0.2) is 71.5 Å². The topological polar surface area (TPSA) is 77.9 Å². The first kappa shape index (κ1) is 21.1. The normalized spacial score (nSPS) is 15.9. The highest BCUT2D eigenvalue weighted by atomic mass is 35.5. The lowest BCUT2D eigenvalue weighted by molar-refractivity contribution is -0.132. The van der Waals surface area contributed by atoms with E-state index in [4.69, 9.17) is 16.1 Å². The lowest BCUT2D eigenvalue weighted by Gasteiger charge is -2.42. The number of H-pyrrole nitrogens is 2. The van der Waals surface area contributed by atoms with Crippen molar-refractivity contribution in [3.8, 4) is 0 Å². The zero-order valence-corrected chi connectivity index (χ0v) is 19.4. The Balaban J connectivity index is 1.32. The number of carbonyl (C=O) groups is 1. The molecule has 2 aromatic carbocycles. The van der Waals surface area contributed by atoms with Crippen molar-refractivity contribution in [1.29, 1.82) is 0 Å². The smallest absolute Gasteiger partial charge is 0.223 e. The number of amides is 1. The minimum absolute atomic E-state index is 0.138. The van der Waals surface area contributed by atoms with Crippen molar-refractivity contribution in [2.24, 2.45) is 0 Å². The van der Waals surface area contributed by atoms with Gasteiger partial charge in [0.15, 0.2) is 5.15 Å². The summed E-state index contributed by atoms with van der Waals surface area (Å²) in [6.07, 6.45) is 6.94. The maximum Gasteiger partial charge on any atom is 0.223 e. The number of para-hydroxylation sites is 2. The highest BCUT2D eigenvalue weighted by Crippen LogP contribution is 2.47. The molecule has 2 N–H and O–H groups in total. The molecule has 34 heavy (non-hydrogen) atoms. The van der Waals surface area contributed by atoms with Crippen molar-refractivity contribution in [2.45, 2.75) is 31.1 Å². The predicted octanol–water partition coefficient (Wildman–Crippen LogP) is 5.83. The molecule has 6 rings (SSSR count). The second-order valence-corrected chi connectivity index (χ2v) is 9.46. The number of piperidine rings is 1. The minimum Gasteiger partial charge on any atom is -0.361 e. The number of fused-ring (bicyclic) bond motifs is 2. The van der Waals surface area contributed by atoms with Crippen LogP contribution in [0, 0.1) is 0 Å². The molecule has 1 fully saturated rings. The van der Waals surface area contributed by atoms with Gasteiger partial charge in [-0.15, -0.1) is 0 Å². The summed E-state index contributed by atoms with van der Waals surface area (Å²) < 4.78 is 5.16. The van der Waals surface area contributed by atoms with Crippen LogP contribution in [0.1, 0.15) is 36.1 Å². The second kappa shape index (κ2) is 8.37. The van der Waals surface area contributed by atoms with Gasteiger partial charge in [0.2, 0.25) is 5.91 Å². The van der Waals surface area contributed by atoms with Crippen molar-refractivity contribution < 1.29 is 9.32 Å². The molecule has 1 saturated heterocycles. The van der Waals surface area contributed by atoms with Crippen LogP contribution < -0.4 is 0 Å². The van der Waals surface area contributed by atoms with E-state index in [1.54, 1.807) is 6.07 Å². The molecule has 3 aromatic heterocycles. The number of hydrogen-bond acceptors (Lipinski definition) is 3. The van der Waals surface area contributed by atoms with E-state index in [0.717, 1.165) is 23.9 Å². The standard InChI is InChI=1S/C27H25ClN4O2/c28-25-15-18(34-31-25)9-10-26(33)32-13-11-27(12-14-32,21-16-29-23-7-3-1-5-19(21)23)22-17-30-24-8-4-2-6-20(22)24/h1-8,15-17,29-30H,9-14H2. The number of carbonyl (C=O) groups excluding carboxylic acids is 1. The molecule has 6 nitrogen and oxygen atoms in total. The van der Waals surface area contributed by atoms with Crippen molar-refractivity contribution in [3.63, 3.8) is 0 Å². The Morgan fingerprint density at radius 3 is 2.12 bits per heavy atom. The van der Waals surface area contributed by atoms with E-state index in [9.17, 15) is 4.79 Å². The maximum absolute atomic E-state index is 13.0. The Morgan fingerprint density at radius 2 is 1.56 bits per heavy atom. The highest BCUT2D eigenvalue weighted by Gasteiger charge is 2.41. The van der Waals surface area contributed by atoms with Crippen LogP contribution in [0.25, 0.3) is 21.8 Å². The molecule has 1 aliphatic rings. The molecule has 0 atom stereocenters. The summed E-state index contributed by atoms with van der Waals surface area (Å²) in [6.45, 7) is 1.41. The molecule has 1 aliphatic heterocycles. The average Bonchev–Trinajstić information content (AvgIpc) is 3.61. The van der Waals surface area contributed by atoms with Gasteiger partial charge >= 0.3 is 0 Å². The number of aromatic amines is 2. The van der Waals surface area contributed by atoms with Crippen molar-refractivity contribution >= 4 is 39.3 Å². The van der Waals surface area contributed by atoms with Gasteiger partial charge in [0.05, 0.1) is 0 Å². The Morgan fingerprint density at radius 1 is 0.971 bits per heavy atom. The van der Waals surface area contributed by atoms with Gasteiger partial charge < -0.3 is 19.4 Å². The first-order chi connectivity index (χ1) is 16.6. The first-order valence-electron chi connectivity index (χ1n) is 11.7. The van der Waals surface area contributed by atoms with Crippen LogP contribution in [-0.4, -0.2) is 39.0 Å². The van der Waals surface area contributed by atoms with Gasteiger partial charge in [-0.05, 0) is 36.1 Å². The zero-order chi connectivity index (χ0) is 23.1. The third kappa shape index (κ3) is 3.49. The van der Waals surface area contributed by atoms with Crippen LogP contribution >= 0.6 is 11.6 Å². The van der Waals surface area contributed by atoms with Crippen LogP contribution in [0.5, 0.6) is 0 Å². The van der Waals surface area contributed by atoms with Gasteiger partial charge in [-0.3, -0.25) is 4.79 Å². The van der Waals surface area contributed by atoms with E-state index in [-0.39, 0.29) is 11.3 Å². The Kier molecular flexibility index (Phi) is 5.18. The summed E-state index contributed by atoms with van der Waals surface area (Å²) in [5.74, 6) is 0.779. The Labute approximate surface area is 201 Å². The summed E-state index contributed by atoms with van der Waals surface area (Å²) in [5, 5.41) is 6.50. The van der Waals surface area contributed by atoms with Gasteiger partial charge in [-0.1, -0.05) is 53.2 Å². The van der Waals surface area contributed by atoms with E-state index in [0.29, 0.717) is 36.8 Å². The van der Waals surface area contributed by atoms with E-state index >= 15 is 0 Å². The predicted molar refractivity (Wildman–Crippen MR) is 133 cm³/mol. The van der Waals surface area contributed by atoms with Crippen molar-refractivity contribution in [2.75, 3.05) is 13.1 Å². The number of benzene rings is 2. The third-order valence-electron chi connectivity index (χ3n) is 7.29. The number of nitrogens with zero attached hydrogens (tertiary/aromatic N) is 2. The zero-order valence-electron chi connectivity index (χ0n) is 18.7. The fourth-order valence-electron chi connectivity index (χ4n) is 5.55. The maximum atomic E-state index is 13.0. The van der Waals surface area contributed by atoms with E-state index in [1.165, 1.54) is 21.9 Å². The average molecular weight is 473 g/mol. The van der Waals surface area contributed by atoms with Crippen molar-refractivity contribution in [3.05, 3.63) is 89.0 Å². The van der Waals surface area contributed by atoms with E-state index < -0.39 is 0 Å². The molecule has 0 radical (unpaired) electrons. The van der Waals surface area contributed by atoms with E-state index in [2.05, 4.69) is 76.0 Å². The molecular weight excluding hydrogens is 448 g/mol. The molecule has 0 aliphatic carbocycles. The molecule has 0 unspecified atom stereocenters. The summed E-state index contributed by atoms with van der Waals surface area (Å²) in [7, 11) is 0. The summed E-state index contributed by atoms with van der Waals surface area (Å²) in [4.78, 5) is 21.9. The number of rotatable bonds is 5. The molecule has 0 saturated carbocycles. The number of hydrogen-bond donors (Lipinski definition) is 2. The Bertz CT molecular complexity index is 1400. The molecule has 4 heterocycles. The third-order valence-corrected chi connectivity index (χ3v) is 7.47. The Hall–Kier alpha value is -3.51. The monoisotopic (exact) mass is 472 g/mol. The van der Waals surface area contributed by atoms with Crippen LogP contribution in [0.2, 0.25) is 5.15 Å². The lowest BCUT2D eigenvalue weighted by Crippen LogP contribution is -2.45. The SMILES string of the molecule is O=C(CCc1cc(Cl)no1)N1CCC(c2c[nH]c3ccccc23)(c2c[nH]c3ccccc23)CC1. The number of aromatic nitrogens is 3. The van der Waals surface area contributed by atoms with Gasteiger partial charge in [-0.2, -0.15) is 0 Å². The molecule has 172 valence electrons. The fraction of sp³-hybridized carbons (Fsp3) is 0.259. The van der Waals surface area contributed by atoms with Crippen LogP contribution in [-0.2, 0) is 16.6 Å². The lowest BCUT2D eigenvalue weighted by atomic mass is 9.68. The van der Waals surface area contributed by atoms with Crippen LogP contribution in [0.4, 0.5) is 0 Å². The second-order valence-electron chi connectivity index (χ2n) is 9.07. The first-order valence-corrected chi connectivity index (χ1v) is 12.0. The quantitative estimate of drug-likeness (QED) is 0.337. The van der Waals surface area contributed by atoms with Gasteiger partial charge in [0.25, 0.3) is 0 Å². The van der Waals surface area contributed by atoms with Gasteiger partial charge in [-0.25, -0.2) is 0 Å². The number of halogens is 1. The summed E-state index contributed by atoms with van der Waals surface area (Å²) in [6, 6.07) is 18.6. The van der Waals surface area contributed by atoms with Crippen molar-refractivity contribution in [1.82, 2.24) is 20.0 Å². The molecule has 0 bridgehead atoms. The number of aryl methyl sites for hydroxylation is 1. The summed E-state index contributed by atoms with van der Waals surface area (Å²) >= 11 is 5.83. The highest BCUT2D eigenvalue weighted by molar-refractivity contribution is 6.29. The number of likely N-dealkylation sites (tertiary alicyclic amines) is 1. The molecule has 7 heteroatoms. The molecule has 5 aromatic rings. The molecular formula is C27H25ClN4O2. The van der Waals surface area contributed by atoms with E-state index in [1.807, 2.05) is 4.90 Å².